The van der Waals surface area contributed by atoms with Crippen LogP contribution >= 0.6 is 0 Å². The summed E-state index contributed by atoms with van der Waals surface area (Å²) in [5.41, 5.74) is 2.12. The van der Waals surface area contributed by atoms with Crippen LogP contribution in [0.1, 0.15) is 48.5 Å². The van der Waals surface area contributed by atoms with E-state index in [1.807, 2.05) is 17.0 Å². The normalized spacial score (nSPS) is 20.4. The maximum absolute atomic E-state index is 12.5. The van der Waals surface area contributed by atoms with Crippen LogP contribution in [0.15, 0.2) is 24.3 Å². The molecule has 2 fully saturated rings. The van der Waals surface area contributed by atoms with Gasteiger partial charge in [-0.2, -0.15) is 0 Å². The summed E-state index contributed by atoms with van der Waals surface area (Å²) in [4.78, 5) is 17.0. The molecule has 3 rings (SSSR count). The van der Waals surface area contributed by atoms with Gasteiger partial charge in [0.25, 0.3) is 5.91 Å². The first kappa shape index (κ1) is 13.6. The molecule has 0 atom stereocenters. The van der Waals surface area contributed by atoms with Crippen molar-refractivity contribution in [2.24, 2.45) is 0 Å². The highest BCUT2D eigenvalue weighted by Crippen LogP contribution is 2.27. The second-order valence-corrected chi connectivity index (χ2v) is 6.34. The number of hydrogen-bond donors (Lipinski definition) is 0. The number of nitrogens with zero attached hydrogens (tertiary/aromatic N) is 2. The number of benzene rings is 1. The Morgan fingerprint density at radius 3 is 2.15 bits per heavy atom. The molecule has 0 bridgehead atoms. The van der Waals surface area contributed by atoms with Crippen LogP contribution in [-0.2, 0) is 0 Å². The Balaban J connectivity index is 1.60. The number of carbonyl (C=O) groups is 1. The van der Waals surface area contributed by atoms with E-state index < -0.39 is 0 Å². The molecule has 1 aliphatic carbocycles. The van der Waals surface area contributed by atoms with Gasteiger partial charge in [0.1, 0.15) is 0 Å². The average molecular weight is 272 g/mol. The fourth-order valence-electron chi connectivity index (χ4n) is 2.92. The van der Waals surface area contributed by atoms with Gasteiger partial charge in [-0.3, -0.25) is 9.69 Å². The van der Waals surface area contributed by atoms with Crippen molar-refractivity contribution in [2.75, 3.05) is 26.2 Å². The Hall–Kier alpha value is -1.35. The van der Waals surface area contributed by atoms with Crippen molar-refractivity contribution in [1.29, 1.82) is 0 Å². The third-order valence-corrected chi connectivity index (χ3v) is 4.49. The standard InChI is InChI=1S/C17H24N2O/c1-13(2)14-3-5-15(6-4-14)17(20)19-11-9-18(10-12-19)16-7-8-16/h3-6,13,16H,7-12H2,1-2H3. The SMILES string of the molecule is CC(C)c1ccc(C(=O)N2CCN(C3CC3)CC2)cc1. The first-order valence-corrected chi connectivity index (χ1v) is 7.78. The molecule has 20 heavy (non-hydrogen) atoms. The van der Waals surface area contributed by atoms with Gasteiger partial charge < -0.3 is 4.90 Å². The molecule has 3 heteroatoms. The lowest BCUT2D eigenvalue weighted by molar-refractivity contribution is 0.0627. The van der Waals surface area contributed by atoms with Gasteiger partial charge in [0.15, 0.2) is 0 Å². The van der Waals surface area contributed by atoms with Gasteiger partial charge in [0, 0.05) is 37.8 Å². The van der Waals surface area contributed by atoms with Crippen LogP contribution < -0.4 is 0 Å². The lowest BCUT2D eigenvalue weighted by Crippen LogP contribution is -2.49. The zero-order valence-corrected chi connectivity index (χ0v) is 12.5. The van der Waals surface area contributed by atoms with Crippen LogP contribution in [0.5, 0.6) is 0 Å². The van der Waals surface area contributed by atoms with Crippen molar-refractivity contribution in [3.05, 3.63) is 35.4 Å². The van der Waals surface area contributed by atoms with Crippen molar-refractivity contribution < 1.29 is 4.79 Å². The summed E-state index contributed by atoms with van der Waals surface area (Å²) in [6, 6.07) is 8.93. The van der Waals surface area contributed by atoms with E-state index in [0.717, 1.165) is 37.8 Å². The minimum Gasteiger partial charge on any atom is -0.336 e. The molecule has 1 amide bonds. The summed E-state index contributed by atoms with van der Waals surface area (Å²) < 4.78 is 0. The van der Waals surface area contributed by atoms with Gasteiger partial charge in [-0.15, -0.1) is 0 Å². The van der Waals surface area contributed by atoms with Gasteiger partial charge in [-0.05, 0) is 36.5 Å². The van der Waals surface area contributed by atoms with E-state index in [1.165, 1.54) is 18.4 Å². The molecule has 3 nitrogen and oxygen atoms in total. The summed E-state index contributed by atoms with van der Waals surface area (Å²) in [6.07, 6.45) is 2.70. The average Bonchev–Trinajstić information content (AvgIpc) is 3.31. The molecule has 1 aromatic carbocycles. The van der Waals surface area contributed by atoms with Gasteiger partial charge >= 0.3 is 0 Å². The minimum atomic E-state index is 0.191. The van der Waals surface area contributed by atoms with Crippen LogP contribution in [0.3, 0.4) is 0 Å². The highest BCUT2D eigenvalue weighted by molar-refractivity contribution is 5.94. The summed E-state index contributed by atoms with van der Waals surface area (Å²) >= 11 is 0. The number of hydrogen-bond acceptors (Lipinski definition) is 2. The van der Waals surface area contributed by atoms with Crippen LogP contribution in [0.2, 0.25) is 0 Å². The summed E-state index contributed by atoms with van der Waals surface area (Å²) in [6.45, 7) is 8.19. The molecular formula is C17H24N2O. The second kappa shape index (κ2) is 5.57. The molecule has 0 spiro atoms. The molecule has 108 valence electrons. The monoisotopic (exact) mass is 272 g/mol. The maximum Gasteiger partial charge on any atom is 0.253 e. The Labute approximate surface area is 121 Å². The predicted octanol–water partition coefficient (Wildman–Crippen LogP) is 2.73. The van der Waals surface area contributed by atoms with Crippen molar-refractivity contribution >= 4 is 5.91 Å². The molecule has 1 aromatic rings. The van der Waals surface area contributed by atoms with Crippen LogP contribution in [0, 0.1) is 0 Å². The lowest BCUT2D eigenvalue weighted by atomic mass is 10.0. The fourth-order valence-corrected chi connectivity index (χ4v) is 2.92. The Morgan fingerprint density at radius 1 is 1.05 bits per heavy atom. The molecular weight excluding hydrogens is 248 g/mol. The molecule has 0 N–H and O–H groups in total. The van der Waals surface area contributed by atoms with Crippen molar-refractivity contribution in [3.63, 3.8) is 0 Å². The van der Waals surface area contributed by atoms with Gasteiger partial charge in [-0.1, -0.05) is 26.0 Å². The van der Waals surface area contributed by atoms with Crippen LogP contribution in [0.4, 0.5) is 0 Å². The van der Waals surface area contributed by atoms with Crippen LogP contribution in [-0.4, -0.2) is 47.9 Å². The van der Waals surface area contributed by atoms with Gasteiger partial charge in [-0.25, -0.2) is 0 Å². The van der Waals surface area contributed by atoms with E-state index in [1.54, 1.807) is 0 Å². The van der Waals surface area contributed by atoms with Gasteiger partial charge in [0.2, 0.25) is 0 Å². The molecule has 0 unspecified atom stereocenters. The summed E-state index contributed by atoms with van der Waals surface area (Å²) in [5.74, 6) is 0.706. The quantitative estimate of drug-likeness (QED) is 0.844. The van der Waals surface area contributed by atoms with Crippen molar-refractivity contribution in [2.45, 2.75) is 38.6 Å². The van der Waals surface area contributed by atoms with E-state index in [0.29, 0.717) is 5.92 Å². The Morgan fingerprint density at radius 2 is 1.65 bits per heavy atom. The van der Waals surface area contributed by atoms with E-state index in [9.17, 15) is 4.79 Å². The number of amides is 1. The minimum absolute atomic E-state index is 0.191. The number of rotatable bonds is 3. The van der Waals surface area contributed by atoms with E-state index in [-0.39, 0.29) is 5.91 Å². The van der Waals surface area contributed by atoms with Crippen molar-refractivity contribution in [3.8, 4) is 0 Å². The maximum atomic E-state index is 12.5. The Kier molecular flexibility index (Phi) is 3.79. The van der Waals surface area contributed by atoms with E-state index in [2.05, 4.69) is 30.9 Å². The third-order valence-electron chi connectivity index (χ3n) is 4.49. The van der Waals surface area contributed by atoms with E-state index in [4.69, 9.17) is 0 Å². The van der Waals surface area contributed by atoms with Crippen LogP contribution in [0.25, 0.3) is 0 Å². The second-order valence-electron chi connectivity index (χ2n) is 6.34. The smallest absolute Gasteiger partial charge is 0.253 e. The molecule has 1 heterocycles. The zero-order valence-electron chi connectivity index (χ0n) is 12.5. The molecule has 0 radical (unpaired) electrons. The topological polar surface area (TPSA) is 23.6 Å². The molecule has 1 saturated carbocycles. The molecule has 0 aromatic heterocycles. The summed E-state index contributed by atoms with van der Waals surface area (Å²) in [5, 5.41) is 0. The fraction of sp³-hybridized carbons (Fsp3) is 0.588. The molecule has 1 saturated heterocycles. The number of piperazine rings is 1. The Bertz CT molecular complexity index is 468. The highest BCUT2D eigenvalue weighted by Gasteiger charge is 2.32. The lowest BCUT2D eigenvalue weighted by Gasteiger charge is -2.34. The van der Waals surface area contributed by atoms with E-state index >= 15 is 0 Å². The zero-order chi connectivity index (χ0) is 14.1. The number of carbonyl (C=O) groups excluding carboxylic acids is 1. The van der Waals surface area contributed by atoms with Gasteiger partial charge in [0.05, 0.1) is 0 Å². The highest BCUT2D eigenvalue weighted by atomic mass is 16.2. The molecule has 1 aliphatic heterocycles. The predicted molar refractivity (Wildman–Crippen MR) is 81.0 cm³/mol. The first-order chi connectivity index (χ1) is 9.65. The molecule has 2 aliphatic rings. The third kappa shape index (κ3) is 2.88. The largest absolute Gasteiger partial charge is 0.336 e. The first-order valence-electron chi connectivity index (χ1n) is 7.78. The van der Waals surface area contributed by atoms with Crippen molar-refractivity contribution in [1.82, 2.24) is 9.80 Å². The summed E-state index contributed by atoms with van der Waals surface area (Å²) in [7, 11) is 0.